The van der Waals surface area contributed by atoms with Gasteiger partial charge in [-0.05, 0) is 42.6 Å². The minimum atomic E-state index is -1.93. The van der Waals surface area contributed by atoms with Crippen LogP contribution < -0.4 is 10.1 Å². The van der Waals surface area contributed by atoms with E-state index in [1.54, 1.807) is 0 Å². The van der Waals surface area contributed by atoms with Crippen molar-refractivity contribution >= 4 is 20.1 Å². The van der Waals surface area contributed by atoms with Crippen LogP contribution in [0, 0.1) is 16.0 Å². The van der Waals surface area contributed by atoms with Gasteiger partial charge < -0.3 is 14.5 Å². The first kappa shape index (κ1) is 24.3. The van der Waals surface area contributed by atoms with Crippen LogP contribution in [0.3, 0.4) is 0 Å². The number of benzene rings is 1. The third-order valence-electron chi connectivity index (χ3n) is 6.37. The molecule has 2 rings (SSSR count). The number of nitro benzene ring substituents is 1. The Labute approximate surface area is 180 Å². The molecule has 168 valence electrons. The quantitative estimate of drug-likeness (QED) is 0.304. The van der Waals surface area contributed by atoms with Crippen LogP contribution in [0.5, 0.6) is 5.75 Å². The van der Waals surface area contributed by atoms with Crippen LogP contribution in [0.25, 0.3) is 0 Å². The largest absolute Gasteiger partial charge is 0.415 e. The minimum absolute atomic E-state index is 0.0410. The average molecular weight is 437 g/mol. The van der Waals surface area contributed by atoms with E-state index < -0.39 is 19.3 Å². The van der Waals surface area contributed by atoms with Crippen LogP contribution in [-0.2, 0) is 4.43 Å². The Balaban J connectivity index is 1.99. The van der Waals surface area contributed by atoms with Gasteiger partial charge in [0.1, 0.15) is 5.75 Å². The Morgan fingerprint density at radius 3 is 2.33 bits per heavy atom. The molecule has 1 aromatic rings. The fourth-order valence-electron chi connectivity index (χ4n) is 3.46. The van der Waals surface area contributed by atoms with E-state index in [-0.39, 0.29) is 22.5 Å². The standard InChI is InChI=1S/C22H36N2O5Si/c1-22(2,3)30(4,5)28-16-18(15-17-9-7-6-8-10-17)23-21(25)29-20-13-11-19(12-14-20)24(26)27/h11-14,17-18H,6-10,15-16H2,1-5H3,(H,23,25)/t18-/m0/s1. The number of hydrogen-bond donors (Lipinski definition) is 1. The topological polar surface area (TPSA) is 90.7 Å². The second-order valence-electron chi connectivity index (χ2n) is 9.79. The summed E-state index contributed by atoms with van der Waals surface area (Å²) in [5.74, 6) is 0.867. The molecular weight excluding hydrogens is 400 g/mol. The van der Waals surface area contributed by atoms with Gasteiger partial charge in [-0.15, -0.1) is 0 Å². The van der Waals surface area contributed by atoms with Crippen LogP contribution >= 0.6 is 0 Å². The highest BCUT2D eigenvalue weighted by atomic mass is 28.4. The van der Waals surface area contributed by atoms with Gasteiger partial charge in [0, 0.05) is 12.1 Å². The van der Waals surface area contributed by atoms with E-state index in [0.717, 1.165) is 6.42 Å². The average Bonchev–Trinajstić information content (AvgIpc) is 2.66. The van der Waals surface area contributed by atoms with Crippen molar-refractivity contribution in [1.29, 1.82) is 0 Å². The van der Waals surface area contributed by atoms with Gasteiger partial charge in [-0.3, -0.25) is 10.1 Å². The van der Waals surface area contributed by atoms with E-state index in [9.17, 15) is 14.9 Å². The number of nitro groups is 1. The second kappa shape index (κ2) is 10.4. The van der Waals surface area contributed by atoms with E-state index in [0.29, 0.717) is 12.5 Å². The molecule has 1 amide bonds. The SMILES string of the molecule is CC(C)(C)[Si](C)(C)OC[C@H](CC1CCCCC1)NC(=O)Oc1ccc([N+](=O)[O-])cc1. The maximum atomic E-state index is 12.5. The zero-order valence-corrected chi connectivity index (χ0v) is 19.9. The molecule has 1 aliphatic carbocycles. The molecule has 1 atom stereocenters. The van der Waals surface area contributed by atoms with E-state index in [1.807, 2.05) is 0 Å². The summed E-state index contributed by atoms with van der Waals surface area (Å²) in [6.07, 6.45) is 6.48. The summed E-state index contributed by atoms with van der Waals surface area (Å²) in [4.78, 5) is 22.8. The van der Waals surface area contributed by atoms with Gasteiger partial charge >= 0.3 is 6.09 Å². The van der Waals surface area contributed by atoms with Gasteiger partial charge in [0.25, 0.3) is 5.69 Å². The predicted molar refractivity (Wildman–Crippen MR) is 120 cm³/mol. The Bertz CT molecular complexity index is 709. The fourth-order valence-corrected chi connectivity index (χ4v) is 4.51. The zero-order valence-electron chi connectivity index (χ0n) is 18.9. The van der Waals surface area contributed by atoms with E-state index >= 15 is 0 Å². The Morgan fingerprint density at radius 1 is 1.20 bits per heavy atom. The molecule has 8 heteroatoms. The normalized spacial score (nSPS) is 16.7. The molecule has 0 radical (unpaired) electrons. The summed E-state index contributed by atoms with van der Waals surface area (Å²) >= 11 is 0. The number of carbonyl (C=O) groups is 1. The smallest absolute Gasteiger partial charge is 0.412 e. The van der Waals surface area contributed by atoms with Crippen molar-refractivity contribution in [2.45, 2.75) is 83.5 Å². The number of non-ortho nitro benzene ring substituents is 1. The maximum Gasteiger partial charge on any atom is 0.412 e. The lowest BCUT2D eigenvalue weighted by molar-refractivity contribution is -0.384. The van der Waals surface area contributed by atoms with Crippen molar-refractivity contribution in [3.63, 3.8) is 0 Å². The number of carbonyl (C=O) groups excluding carboxylic acids is 1. The molecular formula is C22H36N2O5Si. The summed E-state index contributed by atoms with van der Waals surface area (Å²) in [6, 6.07) is 5.39. The molecule has 1 fully saturated rings. The maximum absolute atomic E-state index is 12.5. The molecule has 1 N–H and O–H groups in total. The van der Waals surface area contributed by atoms with Crippen LogP contribution in [0.4, 0.5) is 10.5 Å². The molecule has 1 aliphatic rings. The van der Waals surface area contributed by atoms with E-state index in [1.165, 1.54) is 56.4 Å². The molecule has 0 saturated heterocycles. The van der Waals surface area contributed by atoms with E-state index in [4.69, 9.17) is 9.16 Å². The third kappa shape index (κ3) is 7.39. The molecule has 0 unspecified atom stereocenters. The van der Waals surface area contributed by atoms with E-state index in [2.05, 4.69) is 39.2 Å². The predicted octanol–water partition coefficient (Wildman–Crippen LogP) is 6.04. The molecule has 1 saturated carbocycles. The summed E-state index contributed by atoms with van der Waals surface area (Å²) in [6.45, 7) is 11.5. The van der Waals surface area contributed by atoms with Crippen molar-refractivity contribution in [2.75, 3.05) is 6.61 Å². The van der Waals surface area contributed by atoms with Crippen molar-refractivity contribution in [3.8, 4) is 5.75 Å². The summed E-state index contributed by atoms with van der Waals surface area (Å²) in [7, 11) is -1.93. The second-order valence-corrected chi connectivity index (χ2v) is 14.6. The molecule has 30 heavy (non-hydrogen) atoms. The van der Waals surface area contributed by atoms with Gasteiger partial charge in [0.15, 0.2) is 8.32 Å². The monoisotopic (exact) mass is 436 g/mol. The number of ether oxygens (including phenoxy) is 1. The lowest BCUT2D eigenvalue weighted by Crippen LogP contribution is -2.47. The van der Waals surface area contributed by atoms with Gasteiger partial charge in [0.05, 0.1) is 17.6 Å². The summed E-state index contributed by atoms with van der Waals surface area (Å²) in [5, 5.41) is 13.8. The zero-order chi connectivity index (χ0) is 22.4. The molecule has 7 nitrogen and oxygen atoms in total. The van der Waals surface area contributed by atoms with Crippen LogP contribution in [-0.4, -0.2) is 32.0 Å². The number of rotatable bonds is 8. The molecule has 0 heterocycles. The van der Waals surface area contributed by atoms with Crippen molar-refractivity contribution in [3.05, 3.63) is 34.4 Å². The number of amides is 1. The number of hydrogen-bond acceptors (Lipinski definition) is 5. The van der Waals surface area contributed by atoms with Gasteiger partial charge in [0.2, 0.25) is 0 Å². The van der Waals surface area contributed by atoms with Gasteiger partial charge in [-0.25, -0.2) is 4.79 Å². The highest BCUT2D eigenvalue weighted by Gasteiger charge is 2.38. The molecule has 0 aromatic heterocycles. The fraction of sp³-hybridized carbons (Fsp3) is 0.682. The lowest BCUT2D eigenvalue weighted by Gasteiger charge is -2.38. The van der Waals surface area contributed by atoms with Crippen LogP contribution in [0.15, 0.2) is 24.3 Å². The molecule has 0 aliphatic heterocycles. The van der Waals surface area contributed by atoms with Crippen molar-refractivity contribution < 1.29 is 18.9 Å². The minimum Gasteiger partial charge on any atom is -0.415 e. The van der Waals surface area contributed by atoms with Crippen LogP contribution in [0.2, 0.25) is 18.1 Å². The highest BCUT2D eigenvalue weighted by Crippen LogP contribution is 2.37. The van der Waals surface area contributed by atoms with Crippen molar-refractivity contribution in [1.82, 2.24) is 5.32 Å². The Morgan fingerprint density at radius 2 is 1.80 bits per heavy atom. The summed E-state index contributed by atoms with van der Waals surface area (Å²) in [5.41, 5.74) is -0.0410. The summed E-state index contributed by atoms with van der Waals surface area (Å²) < 4.78 is 11.7. The van der Waals surface area contributed by atoms with Crippen LogP contribution in [0.1, 0.15) is 59.3 Å². The molecule has 0 spiro atoms. The lowest BCUT2D eigenvalue weighted by atomic mass is 9.85. The number of nitrogens with zero attached hydrogens (tertiary/aromatic N) is 1. The van der Waals surface area contributed by atoms with Crippen molar-refractivity contribution in [2.24, 2.45) is 5.92 Å². The molecule has 1 aromatic carbocycles. The third-order valence-corrected chi connectivity index (χ3v) is 10.9. The first-order chi connectivity index (χ1) is 14.0. The first-order valence-corrected chi connectivity index (χ1v) is 13.8. The number of nitrogens with one attached hydrogen (secondary N) is 1. The Kier molecular flexibility index (Phi) is 8.43. The Hall–Kier alpha value is -1.93. The van der Waals surface area contributed by atoms with Gasteiger partial charge in [-0.2, -0.15) is 0 Å². The highest BCUT2D eigenvalue weighted by molar-refractivity contribution is 6.74. The molecule has 0 bridgehead atoms. The first-order valence-electron chi connectivity index (χ1n) is 10.8. The van der Waals surface area contributed by atoms with Gasteiger partial charge in [-0.1, -0.05) is 52.9 Å².